The van der Waals surface area contributed by atoms with Gasteiger partial charge in [-0.15, -0.1) is 0 Å². The van der Waals surface area contributed by atoms with Gasteiger partial charge in [-0.1, -0.05) is 18.2 Å². The van der Waals surface area contributed by atoms with E-state index < -0.39 is 0 Å². The first-order valence-electron chi connectivity index (χ1n) is 5.52. The number of fused-ring (bicyclic) bond motifs is 1. The van der Waals surface area contributed by atoms with Crippen molar-refractivity contribution in [2.75, 3.05) is 14.1 Å². The van der Waals surface area contributed by atoms with Crippen molar-refractivity contribution in [2.24, 2.45) is 0 Å². The standard InChI is InChI=1S/C14H13N3O/c1-17(2)9-11(8-15)14(18)13-7-10-5-3-4-6-12(10)16-13/h3-7,9,16H,1-2H3/b11-9+. The molecule has 0 aliphatic carbocycles. The number of H-pyrrole nitrogens is 1. The smallest absolute Gasteiger partial charge is 0.221 e. The van der Waals surface area contributed by atoms with Crippen molar-refractivity contribution in [1.29, 1.82) is 5.26 Å². The summed E-state index contributed by atoms with van der Waals surface area (Å²) in [6.45, 7) is 0. The molecule has 0 amide bonds. The number of rotatable bonds is 3. The second-order valence-electron chi connectivity index (χ2n) is 4.22. The molecule has 0 saturated heterocycles. The molecule has 1 aromatic carbocycles. The SMILES string of the molecule is CN(C)/C=C(\C#N)C(=O)c1cc2ccccc2[nH]1. The number of hydrogen-bond donors (Lipinski definition) is 1. The number of carbonyl (C=O) groups excluding carboxylic acids is 1. The van der Waals surface area contributed by atoms with Crippen LogP contribution in [0.3, 0.4) is 0 Å². The van der Waals surface area contributed by atoms with E-state index in [0.29, 0.717) is 5.69 Å². The van der Waals surface area contributed by atoms with Gasteiger partial charge >= 0.3 is 0 Å². The molecule has 0 saturated carbocycles. The number of benzene rings is 1. The average molecular weight is 239 g/mol. The van der Waals surface area contributed by atoms with Gasteiger partial charge in [0.15, 0.2) is 0 Å². The van der Waals surface area contributed by atoms with E-state index in [4.69, 9.17) is 5.26 Å². The lowest BCUT2D eigenvalue weighted by molar-refractivity contribution is 0.103. The predicted octanol–water partition coefficient (Wildman–Crippen LogP) is 2.32. The largest absolute Gasteiger partial charge is 0.382 e. The van der Waals surface area contributed by atoms with Crippen molar-refractivity contribution in [3.05, 3.63) is 47.8 Å². The van der Waals surface area contributed by atoms with Crippen LogP contribution in [0, 0.1) is 11.3 Å². The van der Waals surface area contributed by atoms with Crippen molar-refractivity contribution in [3.63, 3.8) is 0 Å². The highest BCUT2D eigenvalue weighted by Crippen LogP contribution is 2.17. The Kier molecular flexibility index (Phi) is 3.16. The zero-order chi connectivity index (χ0) is 13.1. The molecule has 0 radical (unpaired) electrons. The monoisotopic (exact) mass is 239 g/mol. The van der Waals surface area contributed by atoms with Gasteiger partial charge in [0.1, 0.15) is 11.6 Å². The van der Waals surface area contributed by atoms with E-state index in [1.807, 2.05) is 30.3 Å². The molecule has 4 heteroatoms. The van der Waals surface area contributed by atoms with Crippen LogP contribution in [0.15, 0.2) is 42.1 Å². The van der Waals surface area contributed by atoms with Crippen LogP contribution >= 0.6 is 0 Å². The number of aromatic nitrogens is 1. The first-order chi connectivity index (χ1) is 8.61. The fourth-order valence-electron chi connectivity index (χ4n) is 1.74. The summed E-state index contributed by atoms with van der Waals surface area (Å²) in [4.78, 5) is 16.8. The Bertz CT molecular complexity index is 626. The Labute approximate surface area is 105 Å². The topological polar surface area (TPSA) is 59.9 Å². The lowest BCUT2D eigenvalue weighted by Crippen LogP contribution is -2.09. The molecule has 90 valence electrons. The molecule has 0 aliphatic heterocycles. The molecule has 2 aromatic rings. The Balaban J connectivity index is 2.42. The van der Waals surface area contributed by atoms with Crippen molar-refractivity contribution in [2.45, 2.75) is 0 Å². The lowest BCUT2D eigenvalue weighted by Gasteiger charge is -2.04. The lowest BCUT2D eigenvalue weighted by atomic mass is 10.1. The normalized spacial score (nSPS) is 11.3. The van der Waals surface area contributed by atoms with Gasteiger partial charge in [0.05, 0.1) is 5.69 Å². The van der Waals surface area contributed by atoms with Gasteiger partial charge in [0.25, 0.3) is 0 Å². The zero-order valence-electron chi connectivity index (χ0n) is 10.3. The minimum absolute atomic E-state index is 0.117. The van der Waals surface area contributed by atoms with Crippen LogP contribution < -0.4 is 0 Å². The minimum atomic E-state index is -0.289. The molecule has 0 unspecified atom stereocenters. The summed E-state index contributed by atoms with van der Waals surface area (Å²) in [5.41, 5.74) is 1.44. The van der Waals surface area contributed by atoms with Crippen LogP contribution in [0.4, 0.5) is 0 Å². The van der Waals surface area contributed by atoms with Crippen LogP contribution in [-0.2, 0) is 0 Å². The predicted molar refractivity (Wildman–Crippen MR) is 70.0 cm³/mol. The number of allylic oxidation sites excluding steroid dienone is 1. The summed E-state index contributed by atoms with van der Waals surface area (Å²) < 4.78 is 0. The Morgan fingerprint density at radius 2 is 2.11 bits per heavy atom. The maximum atomic E-state index is 12.1. The third-order valence-corrected chi connectivity index (χ3v) is 2.53. The molecule has 0 fully saturated rings. The number of nitriles is 1. The molecule has 0 atom stereocenters. The molecule has 1 aromatic heterocycles. The Morgan fingerprint density at radius 1 is 1.39 bits per heavy atom. The van der Waals surface area contributed by atoms with E-state index in [1.165, 1.54) is 6.20 Å². The second-order valence-corrected chi connectivity index (χ2v) is 4.22. The highest BCUT2D eigenvalue weighted by Gasteiger charge is 2.14. The van der Waals surface area contributed by atoms with Gasteiger partial charge in [0.2, 0.25) is 5.78 Å². The first-order valence-corrected chi connectivity index (χ1v) is 5.52. The molecule has 1 heterocycles. The molecule has 1 N–H and O–H groups in total. The van der Waals surface area contributed by atoms with Gasteiger partial charge in [-0.3, -0.25) is 4.79 Å². The Morgan fingerprint density at radius 3 is 2.72 bits per heavy atom. The van der Waals surface area contributed by atoms with E-state index in [2.05, 4.69) is 4.98 Å². The molecule has 4 nitrogen and oxygen atoms in total. The summed E-state index contributed by atoms with van der Waals surface area (Å²) in [6.07, 6.45) is 1.52. The Hall–Kier alpha value is -2.54. The highest BCUT2D eigenvalue weighted by atomic mass is 16.1. The van der Waals surface area contributed by atoms with Gasteiger partial charge in [-0.25, -0.2) is 0 Å². The van der Waals surface area contributed by atoms with Crippen molar-refractivity contribution in [3.8, 4) is 6.07 Å². The van der Waals surface area contributed by atoms with E-state index >= 15 is 0 Å². The average Bonchev–Trinajstić information content (AvgIpc) is 2.78. The second kappa shape index (κ2) is 4.76. The minimum Gasteiger partial charge on any atom is -0.382 e. The van der Waals surface area contributed by atoms with E-state index in [-0.39, 0.29) is 11.4 Å². The summed E-state index contributed by atoms with van der Waals surface area (Å²) in [5, 5.41) is 9.96. The summed E-state index contributed by atoms with van der Waals surface area (Å²) in [5.74, 6) is -0.289. The fourth-order valence-corrected chi connectivity index (χ4v) is 1.74. The van der Waals surface area contributed by atoms with E-state index in [0.717, 1.165) is 10.9 Å². The van der Waals surface area contributed by atoms with Crippen molar-refractivity contribution < 1.29 is 4.79 Å². The number of nitrogens with zero attached hydrogens (tertiary/aromatic N) is 2. The number of nitrogens with one attached hydrogen (secondary N) is 1. The number of para-hydroxylation sites is 1. The van der Waals surface area contributed by atoms with Crippen molar-refractivity contribution in [1.82, 2.24) is 9.88 Å². The van der Waals surface area contributed by atoms with Crippen LogP contribution in [0.25, 0.3) is 10.9 Å². The summed E-state index contributed by atoms with van der Waals surface area (Å²) in [6, 6.07) is 11.3. The molecule has 0 bridgehead atoms. The summed E-state index contributed by atoms with van der Waals surface area (Å²) >= 11 is 0. The summed E-state index contributed by atoms with van der Waals surface area (Å²) in [7, 11) is 3.55. The maximum Gasteiger partial charge on any atom is 0.221 e. The van der Waals surface area contributed by atoms with Crippen LogP contribution in [0.1, 0.15) is 10.5 Å². The maximum absolute atomic E-state index is 12.1. The number of hydrogen-bond acceptors (Lipinski definition) is 3. The highest BCUT2D eigenvalue weighted by molar-refractivity contribution is 6.12. The molecular weight excluding hydrogens is 226 g/mol. The van der Waals surface area contributed by atoms with Gasteiger partial charge in [-0.2, -0.15) is 5.26 Å². The molecule has 18 heavy (non-hydrogen) atoms. The first kappa shape index (κ1) is 11.9. The third-order valence-electron chi connectivity index (χ3n) is 2.53. The van der Waals surface area contributed by atoms with E-state index in [1.54, 1.807) is 25.1 Å². The van der Waals surface area contributed by atoms with Crippen molar-refractivity contribution >= 4 is 16.7 Å². The van der Waals surface area contributed by atoms with Crippen LogP contribution in [0.2, 0.25) is 0 Å². The third kappa shape index (κ3) is 2.25. The molecule has 2 rings (SSSR count). The number of ketones is 1. The van der Waals surface area contributed by atoms with Gasteiger partial charge < -0.3 is 9.88 Å². The zero-order valence-corrected chi connectivity index (χ0v) is 10.3. The molecular formula is C14H13N3O. The number of Topliss-reactive ketones (excluding diaryl/α,β-unsaturated/α-hetero) is 1. The van der Waals surface area contributed by atoms with Gasteiger partial charge in [0, 0.05) is 31.2 Å². The van der Waals surface area contributed by atoms with Gasteiger partial charge in [-0.05, 0) is 12.1 Å². The fraction of sp³-hybridized carbons (Fsp3) is 0.143. The molecule has 0 aliphatic rings. The van der Waals surface area contributed by atoms with Crippen LogP contribution in [0.5, 0.6) is 0 Å². The quantitative estimate of drug-likeness (QED) is 0.508. The number of aromatic amines is 1. The number of carbonyl (C=O) groups is 1. The van der Waals surface area contributed by atoms with Crippen LogP contribution in [-0.4, -0.2) is 29.8 Å². The van der Waals surface area contributed by atoms with E-state index in [9.17, 15) is 4.79 Å². The molecule has 0 spiro atoms.